The zero-order valence-corrected chi connectivity index (χ0v) is 25.9. The Hall–Kier alpha value is -0.570. The second-order valence-corrected chi connectivity index (χ2v) is 11.6. The van der Waals surface area contributed by atoms with Gasteiger partial charge in [0.1, 0.15) is 0 Å². The molecule has 3 nitrogen and oxygen atoms in total. The van der Waals surface area contributed by atoms with E-state index in [1.165, 1.54) is 153 Å². The molecule has 0 bridgehead atoms. The SMILES string of the molecule is CCCCCCCC(=O)[O-].CCCCCCCC[N+](C)(CCCCCCCC)CCCCCCCC. The minimum atomic E-state index is -0.920. The molecule has 0 saturated carbocycles. The van der Waals surface area contributed by atoms with Gasteiger partial charge in [0.05, 0.1) is 26.7 Å². The zero-order chi connectivity index (χ0) is 27.2. The Morgan fingerprint density at radius 1 is 0.444 bits per heavy atom. The Bertz CT molecular complexity index is 383. The number of nitrogens with zero attached hydrogens (tertiary/aromatic N) is 1. The molecule has 0 aromatic heterocycles. The van der Waals surface area contributed by atoms with E-state index < -0.39 is 5.97 Å². The fourth-order valence-corrected chi connectivity index (χ4v) is 5.03. The number of hydrogen-bond donors (Lipinski definition) is 0. The molecule has 0 fully saturated rings. The Balaban J connectivity index is 0. The van der Waals surface area contributed by atoms with Crippen LogP contribution in [-0.4, -0.2) is 37.1 Å². The second-order valence-electron chi connectivity index (χ2n) is 11.6. The third-order valence-corrected chi connectivity index (χ3v) is 7.64. The van der Waals surface area contributed by atoms with E-state index in [1.807, 2.05) is 0 Å². The van der Waals surface area contributed by atoms with Crippen LogP contribution in [0.15, 0.2) is 0 Å². The van der Waals surface area contributed by atoms with Gasteiger partial charge >= 0.3 is 0 Å². The van der Waals surface area contributed by atoms with Crippen LogP contribution >= 0.6 is 0 Å². The van der Waals surface area contributed by atoms with Crippen LogP contribution < -0.4 is 5.11 Å². The summed E-state index contributed by atoms with van der Waals surface area (Å²) in [6.07, 6.45) is 31.5. The van der Waals surface area contributed by atoms with Crippen molar-refractivity contribution in [2.45, 2.75) is 182 Å². The molecule has 0 radical (unpaired) electrons. The lowest BCUT2D eigenvalue weighted by Gasteiger charge is -2.35. The van der Waals surface area contributed by atoms with Crippen molar-refractivity contribution in [1.29, 1.82) is 0 Å². The van der Waals surface area contributed by atoms with Crippen LogP contribution in [-0.2, 0) is 4.79 Å². The Labute approximate surface area is 228 Å². The van der Waals surface area contributed by atoms with Gasteiger partial charge in [-0.3, -0.25) is 0 Å². The van der Waals surface area contributed by atoms with Gasteiger partial charge in [0.15, 0.2) is 0 Å². The Morgan fingerprint density at radius 3 is 0.972 bits per heavy atom. The van der Waals surface area contributed by atoms with E-state index in [0.717, 1.165) is 19.3 Å². The first-order valence-corrected chi connectivity index (χ1v) is 16.5. The summed E-state index contributed by atoms with van der Waals surface area (Å²) in [4.78, 5) is 9.92. The predicted octanol–water partition coefficient (Wildman–Crippen LogP) is 9.61. The fraction of sp³-hybridized carbons (Fsp3) is 0.970. The van der Waals surface area contributed by atoms with Crippen LogP contribution in [0.5, 0.6) is 0 Å². The maximum Gasteiger partial charge on any atom is 0.0784 e. The summed E-state index contributed by atoms with van der Waals surface area (Å²) in [5.41, 5.74) is 0. The minimum absolute atomic E-state index is 0.226. The molecule has 3 heteroatoms. The van der Waals surface area contributed by atoms with Gasteiger partial charge in [-0.2, -0.15) is 0 Å². The quantitative estimate of drug-likeness (QED) is 0.0813. The highest BCUT2D eigenvalue weighted by Gasteiger charge is 2.20. The van der Waals surface area contributed by atoms with Crippen LogP contribution in [0.1, 0.15) is 182 Å². The van der Waals surface area contributed by atoms with E-state index in [9.17, 15) is 9.90 Å². The van der Waals surface area contributed by atoms with E-state index in [1.54, 1.807) is 0 Å². The van der Waals surface area contributed by atoms with Gasteiger partial charge in [0, 0.05) is 5.97 Å². The van der Waals surface area contributed by atoms with Crippen molar-refractivity contribution in [2.24, 2.45) is 0 Å². The number of quaternary nitrogens is 1. The average Bonchev–Trinajstić information content (AvgIpc) is 2.86. The van der Waals surface area contributed by atoms with Crippen LogP contribution in [0.4, 0.5) is 0 Å². The molecule has 0 aromatic rings. The summed E-state index contributed by atoms with van der Waals surface area (Å²) in [6, 6.07) is 0. The number of hydrogen-bond acceptors (Lipinski definition) is 2. The average molecular weight is 512 g/mol. The smallest absolute Gasteiger partial charge is 0.0784 e. The molecule has 0 atom stereocenters. The van der Waals surface area contributed by atoms with Crippen LogP contribution in [0, 0.1) is 0 Å². The molecular weight excluding hydrogens is 442 g/mol. The first-order chi connectivity index (χ1) is 17.5. The number of aliphatic carboxylic acids is 1. The van der Waals surface area contributed by atoms with Crippen molar-refractivity contribution in [1.82, 2.24) is 0 Å². The lowest BCUT2D eigenvalue weighted by Crippen LogP contribution is -2.46. The number of carboxylic acids is 1. The van der Waals surface area contributed by atoms with Crippen molar-refractivity contribution in [3.63, 3.8) is 0 Å². The fourth-order valence-electron chi connectivity index (χ4n) is 5.03. The van der Waals surface area contributed by atoms with E-state index in [2.05, 4.69) is 34.7 Å². The van der Waals surface area contributed by atoms with Crippen LogP contribution in [0.3, 0.4) is 0 Å². The largest absolute Gasteiger partial charge is 0.550 e. The van der Waals surface area contributed by atoms with Crippen LogP contribution in [0.25, 0.3) is 0 Å². The minimum Gasteiger partial charge on any atom is -0.550 e. The molecule has 0 heterocycles. The summed E-state index contributed by atoms with van der Waals surface area (Å²) in [5.74, 6) is -0.920. The lowest BCUT2D eigenvalue weighted by molar-refractivity contribution is -0.910. The third-order valence-electron chi connectivity index (χ3n) is 7.64. The highest BCUT2D eigenvalue weighted by atomic mass is 16.4. The normalized spacial score (nSPS) is 11.4. The van der Waals surface area contributed by atoms with Crippen molar-refractivity contribution in [2.75, 3.05) is 26.7 Å². The van der Waals surface area contributed by atoms with Gasteiger partial charge in [-0.05, 0) is 51.4 Å². The van der Waals surface area contributed by atoms with Crippen LogP contribution in [0.2, 0.25) is 0 Å². The molecule has 0 amide bonds. The van der Waals surface area contributed by atoms with Crippen molar-refractivity contribution < 1.29 is 14.4 Å². The van der Waals surface area contributed by atoms with E-state index in [0.29, 0.717) is 0 Å². The molecule has 0 aromatic carbocycles. The molecule has 0 N–H and O–H groups in total. The molecule has 0 saturated heterocycles. The van der Waals surface area contributed by atoms with Crippen molar-refractivity contribution in [3.05, 3.63) is 0 Å². The first-order valence-electron chi connectivity index (χ1n) is 16.5. The van der Waals surface area contributed by atoms with Gasteiger partial charge < -0.3 is 14.4 Å². The summed E-state index contributed by atoms with van der Waals surface area (Å²) in [5, 5.41) is 9.92. The number of carbonyl (C=O) groups is 1. The van der Waals surface area contributed by atoms with E-state index in [4.69, 9.17) is 0 Å². The molecule has 36 heavy (non-hydrogen) atoms. The molecule has 218 valence electrons. The topological polar surface area (TPSA) is 40.1 Å². The van der Waals surface area contributed by atoms with Gasteiger partial charge in [0.2, 0.25) is 0 Å². The first kappa shape index (κ1) is 37.6. The molecule has 0 aliphatic carbocycles. The van der Waals surface area contributed by atoms with Gasteiger partial charge in [-0.1, -0.05) is 130 Å². The third kappa shape index (κ3) is 31.5. The number of unbranched alkanes of at least 4 members (excludes halogenated alkanes) is 19. The Morgan fingerprint density at radius 2 is 0.694 bits per heavy atom. The summed E-state index contributed by atoms with van der Waals surface area (Å²) in [6.45, 7) is 13.4. The maximum atomic E-state index is 9.92. The molecular formula is C33H69NO2. The molecule has 0 aliphatic heterocycles. The van der Waals surface area contributed by atoms with Crippen molar-refractivity contribution in [3.8, 4) is 0 Å². The monoisotopic (exact) mass is 512 g/mol. The summed E-state index contributed by atoms with van der Waals surface area (Å²) in [7, 11) is 2.56. The lowest BCUT2D eigenvalue weighted by atomic mass is 10.1. The summed E-state index contributed by atoms with van der Waals surface area (Å²) >= 11 is 0. The van der Waals surface area contributed by atoms with Gasteiger partial charge in [-0.25, -0.2) is 0 Å². The number of carboxylic acid groups (broad SMARTS) is 1. The van der Waals surface area contributed by atoms with Gasteiger partial charge in [-0.15, -0.1) is 0 Å². The predicted molar refractivity (Wildman–Crippen MR) is 159 cm³/mol. The Kier molecular flexibility index (Phi) is 32.0. The summed E-state index contributed by atoms with van der Waals surface area (Å²) < 4.78 is 1.36. The maximum absolute atomic E-state index is 9.92. The van der Waals surface area contributed by atoms with Crippen molar-refractivity contribution >= 4 is 5.97 Å². The van der Waals surface area contributed by atoms with Gasteiger partial charge in [0.25, 0.3) is 0 Å². The highest BCUT2D eigenvalue weighted by Crippen LogP contribution is 2.16. The van der Waals surface area contributed by atoms with E-state index >= 15 is 0 Å². The van der Waals surface area contributed by atoms with E-state index in [-0.39, 0.29) is 6.42 Å². The molecule has 0 spiro atoms. The zero-order valence-electron chi connectivity index (χ0n) is 25.9. The standard InChI is InChI=1S/C25H54N.C8H16O2/c1-5-8-11-14-17-20-23-26(4,24-21-18-15-12-9-6-2)25-22-19-16-13-10-7-3;1-2-3-4-5-6-7-8(9)10/h5-25H2,1-4H3;2-7H2,1H3,(H,9,10)/q+1;/p-1. The second kappa shape index (κ2) is 30.7. The molecule has 0 unspecified atom stereocenters. The number of rotatable bonds is 27. The molecule has 0 rings (SSSR count). The number of carbonyl (C=O) groups excluding carboxylic acids is 1. The molecule has 0 aliphatic rings. The highest BCUT2D eigenvalue weighted by molar-refractivity contribution is 5.63.